The molecule has 16 heavy (non-hydrogen) atoms. The van der Waals surface area contributed by atoms with Crippen LogP contribution in [0.25, 0.3) is 0 Å². The number of hydrogen-bond acceptors (Lipinski definition) is 5. The molecule has 1 N–H and O–H groups in total. The van der Waals surface area contributed by atoms with E-state index in [0.29, 0.717) is 22.8 Å². The Morgan fingerprint density at radius 1 is 1.50 bits per heavy atom. The minimum atomic E-state index is -0.0438. The first-order valence-electron chi connectivity index (χ1n) is 4.92. The molecular formula is C11H13NO4. The first-order valence-corrected chi connectivity index (χ1v) is 4.92. The second kappa shape index (κ2) is 4.40. The topological polar surface area (TPSA) is 56.8 Å². The molecule has 0 atom stereocenters. The summed E-state index contributed by atoms with van der Waals surface area (Å²) in [6.07, 6.45) is 0. The smallest absolute Gasteiger partial charge is 0.231 e. The Hall–Kier alpha value is -1.75. The lowest BCUT2D eigenvalue weighted by molar-refractivity contribution is 0.0989. The summed E-state index contributed by atoms with van der Waals surface area (Å²) in [5.41, 5.74) is 0.501. The van der Waals surface area contributed by atoms with Crippen molar-refractivity contribution in [3.63, 3.8) is 0 Å². The normalized spacial score (nSPS) is 12.6. The lowest BCUT2D eigenvalue weighted by Gasteiger charge is -2.09. The molecule has 0 saturated heterocycles. The minimum absolute atomic E-state index is 0.0438. The van der Waals surface area contributed by atoms with Crippen molar-refractivity contribution < 1.29 is 19.0 Å². The Morgan fingerprint density at radius 3 is 3.00 bits per heavy atom. The summed E-state index contributed by atoms with van der Waals surface area (Å²) < 4.78 is 15.7. The lowest BCUT2D eigenvalue weighted by Crippen LogP contribution is -2.19. The van der Waals surface area contributed by atoms with E-state index < -0.39 is 0 Å². The second-order valence-corrected chi connectivity index (χ2v) is 3.33. The van der Waals surface area contributed by atoms with Gasteiger partial charge in [0.15, 0.2) is 17.3 Å². The molecule has 1 aliphatic heterocycles. The maximum absolute atomic E-state index is 11.8. The number of rotatable bonds is 4. The Balaban J connectivity index is 2.42. The molecule has 2 rings (SSSR count). The van der Waals surface area contributed by atoms with E-state index in [-0.39, 0.29) is 19.1 Å². The largest absolute Gasteiger partial charge is 0.492 e. The summed E-state index contributed by atoms with van der Waals surface area (Å²) in [5.74, 6) is 1.51. The van der Waals surface area contributed by atoms with E-state index in [2.05, 4.69) is 5.32 Å². The van der Waals surface area contributed by atoms with E-state index in [4.69, 9.17) is 14.2 Å². The van der Waals surface area contributed by atoms with E-state index >= 15 is 0 Å². The highest BCUT2D eigenvalue weighted by molar-refractivity contribution is 6.01. The summed E-state index contributed by atoms with van der Waals surface area (Å²) in [5, 5.41) is 2.81. The Morgan fingerprint density at radius 2 is 2.31 bits per heavy atom. The van der Waals surface area contributed by atoms with Gasteiger partial charge in [-0.3, -0.25) is 4.79 Å². The summed E-state index contributed by atoms with van der Waals surface area (Å²) in [7, 11) is 3.23. The Kier molecular flexibility index (Phi) is 2.96. The molecule has 1 heterocycles. The van der Waals surface area contributed by atoms with Crippen LogP contribution < -0.4 is 19.5 Å². The number of ketones is 1. The van der Waals surface area contributed by atoms with Crippen LogP contribution in [-0.4, -0.2) is 33.3 Å². The maximum Gasteiger partial charge on any atom is 0.231 e. The fraction of sp³-hybridized carbons (Fsp3) is 0.364. The van der Waals surface area contributed by atoms with Crippen LogP contribution in [0.15, 0.2) is 12.1 Å². The molecule has 5 heteroatoms. The van der Waals surface area contributed by atoms with Gasteiger partial charge in [-0.1, -0.05) is 0 Å². The van der Waals surface area contributed by atoms with Gasteiger partial charge in [0.25, 0.3) is 0 Å². The van der Waals surface area contributed by atoms with E-state index in [9.17, 15) is 4.79 Å². The van der Waals surface area contributed by atoms with Crippen molar-refractivity contribution in [2.75, 3.05) is 27.5 Å². The zero-order valence-electron chi connectivity index (χ0n) is 9.20. The van der Waals surface area contributed by atoms with Gasteiger partial charge >= 0.3 is 0 Å². The van der Waals surface area contributed by atoms with Crippen molar-refractivity contribution in [2.45, 2.75) is 0 Å². The molecule has 0 bridgehead atoms. The summed E-state index contributed by atoms with van der Waals surface area (Å²) >= 11 is 0. The van der Waals surface area contributed by atoms with Gasteiger partial charge in [-0.2, -0.15) is 0 Å². The minimum Gasteiger partial charge on any atom is -0.492 e. The number of Topliss-reactive ketones (excluding diaryl/α,β-unsaturated/α-hetero) is 1. The van der Waals surface area contributed by atoms with Crippen molar-refractivity contribution in [3.8, 4) is 17.2 Å². The number of benzene rings is 1. The van der Waals surface area contributed by atoms with Crippen molar-refractivity contribution in [1.29, 1.82) is 0 Å². The number of hydrogen-bond donors (Lipinski definition) is 1. The molecule has 1 aliphatic rings. The van der Waals surface area contributed by atoms with Gasteiger partial charge in [-0.05, 0) is 19.2 Å². The third-order valence-electron chi connectivity index (χ3n) is 2.34. The summed E-state index contributed by atoms with van der Waals surface area (Å²) in [6.45, 7) is 0.422. The van der Waals surface area contributed by atoms with Gasteiger partial charge in [-0.15, -0.1) is 0 Å². The molecule has 0 aliphatic carbocycles. The van der Waals surface area contributed by atoms with Crippen LogP contribution in [0.3, 0.4) is 0 Å². The summed E-state index contributed by atoms with van der Waals surface area (Å²) in [6, 6.07) is 3.40. The highest BCUT2D eigenvalue weighted by atomic mass is 16.7. The fourth-order valence-electron chi connectivity index (χ4n) is 1.62. The first-order chi connectivity index (χ1) is 7.77. The third-order valence-corrected chi connectivity index (χ3v) is 2.34. The van der Waals surface area contributed by atoms with Crippen molar-refractivity contribution in [3.05, 3.63) is 17.7 Å². The van der Waals surface area contributed by atoms with E-state index in [1.165, 1.54) is 7.11 Å². The van der Waals surface area contributed by atoms with E-state index in [0.717, 1.165) is 0 Å². The lowest BCUT2D eigenvalue weighted by atomic mass is 10.1. The average molecular weight is 223 g/mol. The number of methoxy groups -OCH3 is 1. The zero-order valence-corrected chi connectivity index (χ0v) is 9.20. The molecule has 0 fully saturated rings. The molecule has 0 amide bonds. The van der Waals surface area contributed by atoms with Crippen LogP contribution in [-0.2, 0) is 0 Å². The fourth-order valence-corrected chi connectivity index (χ4v) is 1.62. The summed E-state index contributed by atoms with van der Waals surface area (Å²) in [4.78, 5) is 11.8. The van der Waals surface area contributed by atoms with Gasteiger partial charge < -0.3 is 19.5 Å². The Labute approximate surface area is 93.3 Å². The average Bonchev–Trinajstić information content (AvgIpc) is 2.75. The van der Waals surface area contributed by atoms with Crippen molar-refractivity contribution >= 4 is 5.78 Å². The predicted molar refractivity (Wildman–Crippen MR) is 57.4 cm³/mol. The maximum atomic E-state index is 11.8. The van der Waals surface area contributed by atoms with Gasteiger partial charge in [-0.25, -0.2) is 0 Å². The molecule has 0 saturated carbocycles. The van der Waals surface area contributed by atoms with Gasteiger partial charge in [0.1, 0.15) is 0 Å². The predicted octanol–water partition coefficient (Wildman–Crippen LogP) is 0.826. The first kappa shape index (κ1) is 10.8. The molecule has 86 valence electrons. The number of fused-ring (bicyclic) bond motifs is 1. The quantitative estimate of drug-likeness (QED) is 0.766. The van der Waals surface area contributed by atoms with Crippen LogP contribution in [0.2, 0.25) is 0 Å². The SMILES string of the molecule is CNCC(=O)c1ccc2c(c1OC)OCO2. The van der Waals surface area contributed by atoms with E-state index in [1.807, 2.05) is 0 Å². The highest BCUT2D eigenvalue weighted by Crippen LogP contribution is 2.43. The molecule has 1 aromatic rings. The van der Waals surface area contributed by atoms with Crippen LogP contribution in [0.5, 0.6) is 17.2 Å². The highest BCUT2D eigenvalue weighted by Gasteiger charge is 2.24. The van der Waals surface area contributed by atoms with Gasteiger partial charge in [0, 0.05) is 0 Å². The van der Waals surface area contributed by atoms with E-state index in [1.54, 1.807) is 19.2 Å². The molecular weight excluding hydrogens is 210 g/mol. The standard InChI is InChI=1S/C11H13NO4/c1-12-5-8(13)7-3-4-9-11(10(7)14-2)16-6-15-9/h3-4,12H,5-6H2,1-2H3. The molecule has 0 unspecified atom stereocenters. The van der Waals surface area contributed by atoms with Gasteiger partial charge in [0.2, 0.25) is 12.5 Å². The van der Waals surface area contributed by atoms with Crippen molar-refractivity contribution in [2.24, 2.45) is 0 Å². The third kappa shape index (κ3) is 1.69. The van der Waals surface area contributed by atoms with Crippen LogP contribution >= 0.6 is 0 Å². The number of ether oxygens (including phenoxy) is 3. The number of nitrogens with one attached hydrogen (secondary N) is 1. The molecule has 0 spiro atoms. The van der Waals surface area contributed by atoms with Crippen LogP contribution in [0, 0.1) is 0 Å². The van der Waals surface area contributed by atoms with Crippen LogP contribution in [0.4, 0.5) is 0 Å². The molecule has 5 nitrogen and oxygen atoms in total. The number of carbonyl (C=O) groups excluding carboxylic acids is 1. The monoisotopic (exact) mass is 223 g/mol. The second-order valence-electron chi connectivity index (χ2n) is 3.33. The van der Waals surface area contributed by atoms with Crippen molar-refractivity contribution in [1.82, 2.24) is 5.32 Å². The van der Waals surface area contributed by atoms with Crippen LogP contribution in [0.1, 0.15) is 10.4 Å². The number of likely N-dealkylation sites (N-methyl/N-ethyl adjacent to an activating group) is 1. The van der Waals surface area contributed by atoms with Gasteiger partial charge in [0.05, 0.1) is 19.2 Å². The molecule has 0 aromatic heterocycles. The molecule has 1 aromatic carbocycles. The molecule has 0 radical (unpaired) electrons. The Bertz CT molecular complexity index is 417. The number of carbonyl (C=O) groups is 1. The zero-order chi connectivity index (χ0) is 11.5.